The van der Waals surface area contributed by atoms with E-state index in [1.807, 2.05) is 0 Å². The molecular weight excluding hydrogens is 328 g/mol. The van der Waals surface area contributed by atoms with E-state index >= 15 is 0 Å². The minimum absolute atomic E-state index is 0.0613. The third-order valence-electron chi connectivity index (χ3n) is 2.81. The molecule has 1 heterocycles. The number of hydrogen-bond donors (Lipinski definition) is 2. The summed E-state index contributed by atoms with van der Waals surface area (Å²) in [4.78, 5) is 10.5. The summed E-state index contributed by atoms with van der Waals surface area (Å²) < 4.78 is 6.08. The minimum Gasteiger partial charge on any atom is -0.462 e. The molecule has 0 atom stereocenters. The van der Waals surface area contributed by atoms with Crippen LogP contribution >= 0.6 is 15.9 Å². The van der Waals surface area contributed by atoms with Crippen LogP contribution in [0.25, 0.3) is 0 Å². The second-order valence-electron chi connectivity index (χ2n) is 4.26. The fourth-order valence-corrected chi connectivity index (χ4v) is 2.38. The summed E-state index contributed by atoms with van der Waals surface area (Å²) in [6.45, 7) is 1.91. The maximum Gasteiger partial charge on any atom is 0.274 e. The molecule has 6 nitrogen and oxygen atoms in total. The van der Waals surface area contributed by atoms with Gasteiger partial charge in [-0.15, -0.1) is 0 Å². The van der Waals surface area contributed by atoms with E-state index in [0.29, 0.717) is 29.3 Å². The molecule has 2 rings (SSSR count). The highest BCUT2D eigenvalue weighted by molar-refractivity contribution is 9.10. The summed E-state index contributed by atoms with van der Waals surface area (Å²) >= 11 is 3.37. The standard InChI is InChI=1S/C13H13BrN2O4/c1-8-4-11(14)12(5-13(8)16(18)19)15-6-9-2-3-10(7-17)20-9/h2-5,15,17H,6-7H2,1H3. The first-order valence-corrected chi connectivity index (χ1v) is 6.67. The number of nitro groups is 1. The molecule has 2 N–H and O–H groups in total. The Bertz CT molecular complexity index is 639. The molecule has 20 heavy (non-hydrogen) atoms. The number of aryl methyl sites for hydroxylation is 1. The van der Waals surface area contributed by atoms with Crippen LogP contribution in [0, 0.1) is 17.0 Å². The second kappa shape index (κ2) is 6.06. The van der Waals surface area contributed by atoms with Crippen molar-refractivity contribution in [2.45, 2.75) is 20.1 Å². The van der Waals surface area contributed by atoms with Crippen LogP contribution in [0.2, 0.25) is 0 Å². The van der Waals surface area contributed by atoms with Gasteiger partial charge in [0.15, 0.2) is 0 Å². The van der Waals surface area contributed by atoms with Crippen LogP contribution in [-0.2, 0) is 13.2 Å². The Labute approximate surface area is 123 Å². The van der Waals surface area contributed by atoms with Gasteiger partial charge in [-0.25, -0.2) is 0 Å². The van der Waals surface area contributed by atoms with Gasteiger partial charge < -0.3 is 14.8 Å². The van der Waals surface area contributed by atoms with E-state index in [4.69, 9.17) is 9.52 Å². The molecule has 0 fully saturated rings. The first-order chi connectivity index (χ1) is 9.51. The topological polar surface area (TPSA) is 88.5 Å². The van der Waals surface area contributed by atoms with Crippen molar-refractivity contribution in [3.05, 3.63) is 55.9 Å². The number of aliphatic hydroxyl groups is 1. The molecule has 0 radical (unpaired) electrons. The number of benzene rings is 1. The van der Waals surface area contributed by atoms with Crippen molar-refractivity contribution in [2.75, 3.05) is 5.32 Å². The smallest absolute Gasteiger partial charge is 0.274 e. The van der Waals surface area contributed by atoms with Crippen molar-refractivity contribution >= 4 is 27.3 Å². The lowest BCUT2D eigenvalue weighted by Crippen LogP contribution is -2.01. The average molecular weight is 341 g/mol. The molecule has 0 saturated heterocycles. The van der Waals surface area contributed by atoms with Crippen molar-refractivity contribution in [3.8, 4) is 0 Å². The lowest BCUT2D eigenvalue weighted by molar-refractivity contribution is -0.385. The first-order valence-electron chi connectivity index (χ1n) is 5.88. The summed E-state index contributed by atoms with van der Waals surface area (Å²) in [7, 11) is 0. The van der Waals surface area contributed by atoms with Crippen LogP contribution in [0.4, 0.5) is 11.4 Å². The summed E-state index contributed by atoms with van der Waals surface area (Å²) in [5, 5.41) is 22.9. The predicted octanol–water partition coefficient (Wildman–Crippen LogP) is 3.36. The molecule has 1 aromatic carbocycles. The van der Waals surface area contributed by atoms with Gasteiger partial charge in [-0.3, -0.25) is 10.1 Å². The number of nitro benzene ring substituents is 1. The second-order valence-corrected chi connectivity index (χ2v) is 5.11. The van der Waals surface area contributed by atoms with E-state index in [9.17, 15) is 10.1 Å². The number of nitrogens with zero attached hydrogens (tertiary/aromatic N) is 1. The van der Waals surface area contributed by atoms with Gasteiger partial charge in [-0.2, -0.15) is 0 Å². The number of hydrogen-bond acceptors (Lipinski definition) is 5. The van der Waals surface area contributed by atoms with E-state index in [2.05, 4.69) is 21.2 Å². The summed E-state index contributed by atoms with van der Waals surface area (Å²) in [6.07, 6.45) is 0. The predicted molar refractivity (Wildman–Crippen MR) is 77.5 cm³/mol. The molecule has 0 bridgehead atoms. The lowest BCUT2D eigenvalue weighted by Gasteiger charge is -2.08. The lowest BCUT2D eigenvalue weighted by atomic mass is 10.2. The zero-order valence-electron chi connectivity index (χ0n) is 10.7. The Morgan fingerprint density at radius 2 is 2.10 bits per heavy atom. The number of halogens is 1. The zero-order valence-corrected chi connectivity index (χ0v) is 12.3. The molecule has 0 aliphatic heterocycles. The molecule has 106 valence electrons. The molecule has 0 saturated carbocycles. The highest BCUT2D eigenvalue weighted by Gasteiger charge is 2.14. The van der Waals surface area contributed by atoms with Gasteiger partial charge >= 0.3 is 0 Å². The SMILES string of the molecule is Cc1cc(Br)c(NCc2ccc(CO)o2)cc1[N+](=O)[O-]. The maximum absolute atomic E-state index is 10.9. The average Bonchev–Trinajstić information content (AvgIpc) is 2.85. The molecule has 0 aliphatic carbocycles. The Morgan fingerprint density at radius 3 is 2.70 bits per heavy atom. The quantitative estimate of drug-likeness (QED) is 0.643. The summed E-state index contributed by atoms with van der Waals surface area (Å²) in [5.74, 6) is 1.12. The van der Waals surface area contributed by atoms with Crippen LogP contribution < -0.4 is 5.32 Å². The molecule has 0 amide bonds. The molecule has 0 spiro atoms. The van der Waals surface area contributed by atoms with Gasteiger partial charge in [-0.1, -0.05) is 0 Å². The van der Waals surface area contributed by atoms with Gasteiger partial charge in [0, 0.05) is 16.1 Å². The highest BCUT2D eigenvalue weighted by Crippen LogP contribution is 2.31. The number of anilines is 1. The van der Waals surface area contributed by atoms with Crippen molar-refractivity contribution in [2.24, 2.45) is 0 Å². The maximum atomic E-state index is 10.9. The van der Waals surface area contributed by atoms with E-state index in [0.717, 1.165) is 4.47 Å². The third kappa shape index (κ3) is 3.17. The van der Waals surface area contributed by atoms with Gasteiger partial charge in [0.25, 0.3) is 5.69 Å². The van der Waals surface area contributed by atoms with Crippen LogP contribution in [0.1, 0.15) is 17.1 Å². The molecule has 0 unspecified atom stereocenters. The summed E-state index contributed by atoms with van der Waals surface area (Å²) in [6, 6.07) is 6.61. The van der Waals surface area contributed by atoms with Gasteiger partial charge in [-0.05, 0) is 41.1 Å². The molecule has 1 aromatic heterocycles. The normalized spacial score (nSPS) is 10.6. The molecule has 0 aliphatic rings. The number of nitrogens with one attached hydrogen (secondary N) is 1. The van der Waals surface area contributed by atoms with Gasteiger partial charge in [0.1, 0.15) is 18.1 Å². The monoisotopic (exact) mass is 340 g/mol. The van der Waals surface area contributed by atoms with Crippen LogP contribution in [0.3, 0.4) is 0 Å². The number of furan rings is 1. The Morgan fingerprint density at radius 1 is 1.40 bits per heavy atom. The van der Waals surface area contributed by atoms with Crippen LogP contribution in [0.5, 0.6) is 0 Å². The molecule has 7 heteroatoms. The van der Waals surface area contributed by atoms with Gasteiger partial charge in [0.2, 0.25) is 0 Å². The minimum atomic E-state index is -0.413. The highest BCUT2D eigenvalue weighted by atomic mass is 79.9. The Balaban J connectivity index is 2.16. The van der Waals surface area contributed by atoms with Crippen molar-refractivity contribution in [3.63, 3.8) is 0 Å². The van der Waals surface area contributed by atoms with Gasteiger partial charge in [0.05, 0.1) is 17.2 Å². The largest absolute Gasteiger partial charge is 0.462 e. The fourth-order valence-electron chi connectivity index (χ4n) is 1.78. The van der Waals surface area contributed by atoms with E-state index in [1.165, 1.54) is 6.07 Å². The van der Waals surface area contributed by atoms with E-state index in [-0.39, 0.29) is 12.3 Å². The van der Waals surface area contributed by atoms with Crippen LogP contribution in [0.15, 0.2) is 33.2 Å². The van der Waals surface area contributed by atoms with Crippen molar-refractivity contribution in [1.29, 1.82) is 0 Å². The number of aliphatic hydroxyl groups excluding tert-OH is 1. The Kier molecular flexibility index (Phi) is 4.41. The first kappa shape index (κ1) is 14.5. The number of rotatable bonds is 5. The molecule has 2 aromatic rings. The third-order valence-corrected chi connectivity index (χ3v) is 3.46. The fraction of sp³-hybridized carbons (Fsp3) is 0.231. The van der Waals surface area contributed by atoms with Crippen LogP contribution in [-0.4, -0.2) is 10.0 Å². The summed E-state index contributed by atoms with van der Waals surface area (Å²) in [5.41, 5.74) is 1.27. The van der Waals surface area contributed by atoms with Crippen molar-refractivity contribution in [1.82, 2.24) is 0 Å². The van der Waals surface area contributed by atoms with Crippen molar-refractivity contribution < 1.29 is 14.4 Å². The Hall–Kier alpha value is -1.86. The molecular formula is C13H13BrN2O4. The zero-order chi connectivity index (χ0) is 14.7. The van der Waals surface area contributed by atoms with E-state index < -0.39 is 4.92 Å². The van der Waals surface area contributed by atoms with E-state index in [1.54, 1.807) is 25.1 Å².